The summed E-state index contributed by atoms with van der Waals surface area (Å²) in [6.45, 7) is 1.49. The summed E-state index contributed by atoms with van der Waals surface area (Å²) in [4.78, 5) is 10.2. The SMILES string of the molecule is CNCCn1nnnc1SCc1ccc([N+](=O)[O-])cc1. The van der Waals surface area contributed by atoms with Gasteiger partial charge in [-0.3, -0.25) is 10.1 Å². The Hall–Kier alpha value is -2.00. The van der Waals surface area contributed by atoms with Crippen LogP contribution < -0.4 is 5.32 Å². The molecule has 0 saturated carbocycles. The molecule has 8 nitrogen and oxygen atoms in total. The van der Waals surface area contributed by atoms with Gasteiger partial charge in [-0.15, -0.1) is 5.10 Å². The molecule has 1 aromatic carbocycles. The summed E-state index contributed by atoms with van der Waals surface area (Å²) in [7, 11) is 1.87. The van der Waals surface area contributed by atoms with Crippen LogP contribution in [0, 0.1) is 10.1 Å². The first-order valence-corrected chi connectivity index (χ1v) is 6.96. The molecule has 0 spiro atoms. The van der Waals surface area contributed by atoms with E-state index < -0.39 is 4.92 Å². The van der Waals surface area contributed by atoms with Gasteiger partial charge in [-0.25, -0.2) is 4.68 Å². The molecule has 9 heteroatoms. The molecule has 2 aromatic rings. The summed E-state index contributed by atoms with van der Waals surface area (Å²) >= 11 is 1.50. The first-order chi connectivity index (χ1) is 9.70. The predicted octanol–water partition coefficient (Wildman–Crippen LogP) is 1.09. The third-order valence-electron chi connectivity index (χ3n) is 2.59. The molecule has 106 valence electrons. The average Bonchev–Trinajstić information content (AvgIpc) is 2.90. The van der Waals surface area contributed by atoms with Crippen molar-refractivity contribution in [2.75, 3.05) is 13.6 Å². The highest BCUT2D eigenvalue weighted by atomic mass is 32.2. The molecule has 0 unspecified atom stereocenters. The number of nitrogens with zero attached hydrogens (tertiary/aromatic N) is 5. The Bertz CT molecular complexity index is 571. The van der Waals surface area contributed by atoms with Crippen LogP contribution in [0.3, 0.4) is 0 Å². The number of rotatable bonds is 7. The molecule has 0 atom stereocenters. The molecule has 0 saturated heterocycles. The van der Waals surface area contributed by atoms with Gasteiger partial charge in [-0.05, 0) is 23.0 Å². The maximum Gasteiger partial charge on any atom is 0.269 e. The van der Waals surface area contributed by atoms with Gasteiger partial charge >= 0.3 is 0 Å². The standard InChI is InChI=1S/C11H14N6O2S/c1-12-6-7-16-11(13-14-15-16)20-8-9-2-4-10(5-3-9)17(18)19/h2-5,12H,6-8H2,1H3. The van der Waals surface area contributed by atoms with Crippen LogP contribution in [0.1, 0.15) is 5.56 Å². The van der Waals surface area contributed by atoms with Crippen molar-refractivity contribution in [2.45, 2.75) is 17.5 Å². The highest BCUT2D eigenvalue weighted by Crippen LogP contribution is 2.21. The van der Waals surface area contributed by atoms with E-state index in [4.69, 9.17) is 0 Å². The summed E-state index contributed by atoms with van der Waals surface area (Å²) in [6, 6.07) is 6.49. The van der Waals surface area contributed by atoms with Gasteiger partial charge < -0.3 is 5.32 Å². The molecule has 0 bridgehead atoms. The Morgan fingerprint density at radius 1 is 1.40 bits per heavy atom. The van der Waals surface area contributed by atoms with Gasteiger partial charge in [0.1, 0.15) is 0 Å². The zero-order chi connectivity index (χ0) is 14.4. The van der Waals surface area contributed by atoms with Gasteiger partial charge in [-0.1, -0.05) is 23.9 Å². The van der Waals surface area contributed by atoms with E-state index in [0.29, 0.717) is 12.3 Å². The van der Waals surface area contributed by atoms with Crippen molar-refractivity contribution in [3.05, 3.63) is 39.9 Å². The van der Waals surface area contributed by atoms with Crippen LogP contribution >= 0.6 is 11.8 Å². The van der Waals surface area contributed by atoms with Gasteiger partial charge in [0.15, 0.2) is 0 Å². The second kappa shape index (κ2) is 6.96. The lowest BCUT2D eigenvalue weighted by Crippen LogP contribution is -2.16. The van der Waals surface area contributed by atoms with Crippen LogP contribution in [-0.2, 0) is 12.3 Å². The summed E-state index contributed by atoms with van der Waals surface area (Å²) in [6.07, 6.45) is 0. The van der Waals surface area contributed by atoms with Crippen molar-refractivity contribution in [3.63, 3.8) is 0 Å². The molecular formula is C11H14N6O2S. The minimum atomic E-state index is -0.408. The van der Waals surface area contributed by atoms with E-state index in [1.807, 2.05) is 7.05 Å². The number of nitrogens with one attached hydrogen (secondary N) is 1. The van der Waals surface area contributed by atoms with Crippen LogP contribution in [0.2, 0.25) is 0 Å². The number of likely N-dealkylation sites (N-methyl/N-ethyl adjacent to an activating group) is 1. The lowest BCUT2D eigenvalue weighted by molar-refractivity contribution is -0.384. The van der Waals surface area contributed by atoms with Crippen molar-refractivity contribution in [1.29, 1.82) is 0 Å². The minimum absolute atomic E-state index is 0.0950. The monoisotopic (exact) mass is 294 g/mol. The minimum Gasteiger partial charge on any atom is -0.318 e. The molecule has 0 amide bonds. The van der Waals surface area contributed by atoms with Crippen LogP contribution in [0.4, 0.5) is 5.69 Å². The molecule has 1 N–H and O–H groups in total. The zero-order valence-electron chi connectivity index (χ0n) is 10.9. The first-order valence-electron chi connectivity index (χ1n) is 5.97. The van der Waals surface area contributed by atoms with Crippen LogP contribution in [-0.4, -0.2) is 38.7 Å². The Labute approximate surface area is 119 Å². The zero-order valence-corrected chi connectivity index (χ0v) is 11.7. The molecule has 0 radical (unpaired) electrons. The third-order valence-corrected chi connectivity index (χ3v) is 3.62. The van der Waals surface area contributed by atoms with E-state index >= 15 is 0 Å². The second-order valence-corrected chi connectivity index (χ2v) is 4.94. The van der Waals surface area contributed by atoms with Crippen molar-refractivity contribution in [2.24, 2.45) is 0 Å². The highest BCUT2D eigenvalue weighted by molar-refractivity contribution is 7.98. The fraction of sp³-hybridized carbons (Fsp3) is 0.364. The quantitative estimate of drug-likeness (QED) is 0.463. The van der Waals surface area contributed by atoms with Gasteiger partial charge in [0, 0.05) is 24.4 Å². The molecule has 0 fully saturated rings. The number of non-ortho nitro benzene ring substituents is 1. The first kappa shape index (κ1) is 14.4. The number of hydrogen-bond acceptors (Lipinski definition) is 7. The number of benzene rings is 1. The average molecular weight is 294 g/mol. The van der Waals surface area contributed by atoms with E-state index in [9.17, 15) is 10.1 Å². The maximum absolute atomic E-state index is 10.6. The third kappa shape index (κ3) is 3.75. The number of tetrazole rings is 1. The highest BCUT2D eigenvalue weighted by Gasteiger charge is 2.08. The molecule has 0 aliphatic rings. The number of nitro benzene ring substituents is 1. The fourth-order valence-corrected chi connectivity index (χ4v) is 2.38. The maximum atomic E-state index is 10.6. The molecule has 2 rings (SSSR count). The molecule has 0 aliphatic carbocycles. The van der Waals surface area contributed by atoms with Crippen molar-refractivity contribution >= 4 is 17.4 Å². The van der Waals surface area contributed by atoms with E-state index in [1.165, 1.54) is 23.9 Å². The Balaban J connectivity index is 1.94. The van der Waals surface area contributed by atoms with Crippen LogP contribution in [0.15, 0.2) is 29.4 Å². The van der Waals surface area contributed by atoms with E-state index in [1.54, 1.807) is 16.8 Å². The summed E-state index contributed by atoms with van der Waals surface area (Å²) in [5, 5.41) is 25.9. The molecule has 0 aliphatic heterocycles. The van der Waals surface area contributed by atoms with Crippen molar-refractivity contribution < 1.29 is 4.92 Å². The summed E-state index contributed by atoms with van der Waals surface area (Å²) < 4.78 is 1.73. The Morgan fingerprint density at radius 3 is 2.80 bits per heavy atom. The Morgan fingerprint density at radius 2 is 2.15 bits per heavy atom. The fourth-order valence-electron chi connectivity index (χ4n) is 1.52. The molecule has 1 heterocycles. The van der Waals surface area contributed by atoms with E-state index in [0.717, 1.165) is 17.3 Å². The van der Waals surface area contributed by atoms with E-state index in [-0.39, 0.29) is 5.69 Å². The topological polar surface area (TPSA) is 98.8 Å². The van der Waals surface area contributed by atoms with Crippen LogP contribution in [0.25, 0.3) is 0 Å². The lowest BCUT2D eigenvalue weighted by Gasteiger charge is -2.03. The van der Waals surface area contributed by atoms with Crippen molar-refractivity contribution in [1.82, 2.24) is 25.5 Å². The smallest absolute Gasteiger partial charge is 0.269 e. The van der Waals surface area contributed by atoms with Crippen molar-refractivity contribution in [3.8, 4) is 0 Å². The molecule has 1 aromatic heterocycles. The van der Waals surface area contributed by atoms with E-state index in [2.05, 4.69) is 20.8 Å². The van der Waals surface area contributed by atoms with Gasteiger partial charge in [0.2, 0.25) is 5.16 Å². The lowest BCUT2D eigenvalue weighted by atomic mass is 10.2. The number of aromatic nitrogens is 4. The second-order valence-electron chi connectivity index (χ2n) is 4.00. The number of nitro groups is 1. The van der Waals surface area contributed by atoms with Gasteiger partial charge in [-0.2, -0.15) is 0 Å². The predicted molar refractivity (Wildman–Crippen MR) is 74.4 cm³/mol. The molecular weight excluding hydrogens is 280 g/mol. The number of thioether (sulfide) groups is 1. The van der Waals surface area contributed by atoms with Gasteiger partial charge in [0.05, 0.1) is 11.5 Å². The largest absolute Gasteiger partial charge is 0.318 e. The number of hydrogen-bond donors (Lipinski definition) is 1. The van der Waals surface area contributed by atoms with Gasteiger partial charge in [0.25, 0.3) is 5.69 Å². The normalized spacial score (nSPS) is 10.7. The Kier molecular flexibility index (Phi) is 5.02. The summed E-state index contributed by atoms with van der Waals surface area (Å²) in [5.74, 6) is 0.665. The summed E-state index contributed by atoms with van der Waals surface area (Å²) in [5.41, 5.74) is 1.08. The van der Waals surface area contributed by atoms with Crippen LogP contribution in [0.5, 0.6) is 0 Å². The molecule has 20 heavy (non-hydrogen) atoms.